The Labute approximate surface area is 169 Å². The summed E-state index contributed by atoms with van der Waals surface area (Å²) in [4.78, 5) is 28.7. The molecule has 0 bridgehead atoms. The van der Waals surface area contributed by atoms with Crippen LogP contribution < -0.4 is 10.2 Å². The number of allylic oxidation sites excluding steroid dienone is 1. The van der Waals surface area contributed by atoms with E-state index in [1.807, 2.05) is 10.6 Å². The van der Waals surface area contributed by atoms with Crippen molar-refractivity contribution in [3.8, 4) is 0 Å². The maximum Gasteiger partial charge on any atom is 0.414 e. The van der Waals surface area contributed by atoms with Crippen LogP contribution in [0.25, 0.3) is 11.6 Å². The van der Waals surface area contributed by atoms with Crippen molar-refractivity contribution in [1.82, 2.24) is 14.9 Å². The number of carbonyl (C=O) groups is 2. The van der Waals surface area contributed by atoms with Gasteiger partial charge in [-0.3, -0.25) is 9.69 Å². The topological polar surface area (TPSA) is 76.5 Å². The van der Waals surface area contributed by atoms with Gasteiger partial charge in [-0.25, -0.2) is 14.2 Å². The molecule has 0 aliphatic carbocycles. The number of fused-ring (bicyclic) bond motifs is 1. The van der Waals surface area contributed by atoms with Gasteiger partial charge < -0.3 is 14.6 Å². The van der Waals surface area contributed by atoms with E-state index in [1.165, 1.54) is 17.9 Å². The first-order chi connectivity index (χ1) is 13.4. The Hall–Kier alpha value is -2.68. The molecule has 2 aromatic rings. The van der Waals surface area contributed by atoms with Crippen LogP contribution in [-0.4, -0.2) is 40.7 Å². The Kier molecular flexibility index (Phi) is 4.92. The average Bonchev–Trinajstić information content (AvgIpc) is 3.22. The zero-order chi connectivity index (χ0) is 19.8. The first kappa shape index (κ1) is 18.7. The summed E-state index contributed by atoms with van der Waals surface area (Å²) in [6.07, 6.45) is 3.36. The molecule has 2 aliphatic heterocycles. The highest BCUT2D eigenvalue weighted by atomic mass is 79.9. The Morgan fingerprint density at radius 3 is 3.04 bits per heavy atom. The summed E-state index contributed by atoms with van der Waals surface area (Å²) in [5, 5.41) is 2.62. The summed E-state index contributed by atoms with van der Waals surface area (Å²) < 4.78 is 22.8. The molecule has 1 aromatic heterocycles. The molecule has 0 spiro atoms. The number of benzene rings is 1. The van der Waals surface area contributed by atoms with E-state index < -0.39 is 18.0 Å². The van der Waals surface area contributed by atoms with Gasteiger partial charge in [-0.2, -0.15) is 0 Å². The molecule has 3 heterocycles. The molecule has 4 rings (SSSR count). The normalized spacial score (nSPS) is 18.5. The van der Waals surface area contributed by atoms with E-state index in [4.69, 9.17) is 4.74 Å². The smallest absolute Gasteiger partial charge is 0.414 e. The second kappa shape index (κ2) is 7.38. The number of anilines is 1. The van der Waals surface area contributed by atoms with Crippen molar-refractivity contribution in [3.63, 3.8) is 0 Å². The van der Waals surface area contributed by atoms with Crippen molar-refractivity contribution in [2.45, 2.75) is 26.0 Å². The highest BCUT2D eigenvalue weighted by Crippen LogP contribution is 2.33. The summed E-state index contributed by atoms with van der Waals surface area (Å²) in [5.74, 6) is -0.593. The van der Waals surface area contributed by atoms with Crippen LogP contribution >= 0.6 is 15.9 Å². The van der Waals surface area contributed by atoms with Gasteiger partial charge in [0.1, 0.15) is 16.5 Å². The molecule has 2 aliphatic rings. The second-order valence-corrected chi connectivity index (χ2v) is 7.50. The number of rotatable bonds is 4. The Bertz CT molecular complexity index is 988. The van der Waals surface area contributed by atoms with E-state index in [1.54, 1.807) is 18.5 Å². The molecule has 1 N–H and O–H groups in total. The van der Waals surface area contributed by atoms with Gasteiger partial charge >= 0.3 is 6.09 Å². The molecule has 1 atom stereocenters. The maximum atomic E-state index is 14.9. The van der Waals surface area contributed by atoms with Gasteiger partial charge in [0.05, 0.1) is 30.8 Å². The van der Waals surface area contributed by atoms with Crippen LogP contribution in [0.3, 0.4) is 0 Å². The molecule has 1 fully saturated rings. The second-order valence-electron chi connectivity index (χ2n) is 6.75. The van der Waals surface area contributed by atoms with Crippen LogP contribution in [0.4, 0.5) is 14.9 Å². The number of amides is 2. The van der Waals surface area contributed by atoms with Crippen molar-refractivity contribution < 1.29 is 18.7 Å². The third kappa shape index (κ3) is 3.54. The lowest BCUT2D eigenvalue weighted by molar-refractivity contribution is -0.119. The van der Waals surface area contributed by atoms with Gasteiger partial charge in [-0.15, -0.1) is 0 Å². The number of aryl methyl sites for hydroxylation is 1. The number of hydrogen-bond donors (Lipinski definition) is 1. The minimum atomic E-state index is -0.549. The standard InChI is InChI=1S/C19H18BrFN4O3/c1-11(26)22-8-14-9-25(19(27)28-14)13-2-3-15(16(21)7-13)12-4-5-24-10-23-18(20)17(24)6-12/h2-3,6-7,10,14H,4-5,8-9H2,1H3,(H,22,26)/t14-/m0/s1. The summed E-state index contributed by atoms with van der Waals surface area (Å²) in [5.41, 5.74) is 2.73. The van der Waals surface area contributed by atoms with E-state index in [-0.39, 0.29) is 19.0 Å². The number of halogens is 2. The largest absolute Gasteiger partial charge is 0.442 e. The van der Waals surface area contributed by atoms with Crippen molar-refractivity contribution >= 4 is 45.3 Å². The number of imidazole rings is 1. The highest BCUT2D eigenvalue weighted by Gasteiger charge is 2.32. The lowest BCUT2D eigenvalue weighted by atomic mass is 9.98. The highest BCUT2D eigenvalue weighted by molar-refractivity contribution is 9.10. The van der Waals surface area contributed by atoms with Crippen LogP contribution in [-0.2, 0) is 16.1 Å². The van der Waals surface area contributed by atoms with Gasteiger partial charge in [-0.05, 0) is 52.2 Å². The molecule has 0 saturated carbocycles. The van der Waals surface area contributed by atoms with Gasteiger partial charge in [-0.1, -0.05) is 0 Å². The van der Waals surface area contributed by atoms with Gasteiger partial charge in [0.15, 0.2) is 0 Å². The average molecular weight is 449 g/mol. The van der Waals surface area contributed by atoms with E-state index >= 15 is 0 Å². The predicted molar refractivity (Wildman–Crippen MR) is 105 cm³/mol. The summed E-state index contributed by atoms with van der Waals surface area (Å²) >= 11 is 3.41. The molecular weight excluding hydrogens is 431 g/mol. The van der Waals surface area contributed by atoms with Crippen LogP contribution in [0, 0.1) is 5.82 Å². The van der Waals surface area contributed by atoms with Crippen molar-refractivity contribution in [1.29, 1.82) is 0 Å². The molecule has 9 heteroatoms. The monoisotopic (exact) mass is 448 g/mol. The fraction of sp³-hybridized carbons (Fsp3) is 0.316. The van der Waals surface area contributed by atoms with Gasteiger partial charge in [0, 0.05) is 19.0 Å². The summed E-state index contributed by atoms with van der Waals surface area (Å²) in [6.45, 7) is 2.61. The number of nitrogens with one attached hydrogen (secondary N) is 1. The quantitative estimate of drug-likeness (QED) is 0.778. The van der Waals surface area contributed by atoms with Crippen LogP contribution in [0.1, 0.15) is 24.6 Å². The molecule has 1 saturated heterocycles. The maximum absolute atomic E-state index is 14.9. The van der Waals surface area contributed by atoms with E-state index in [0.29, 0.717) is 17.7 Å². The van der Waals surface area contributed by atoms with Crippen LogP contribution in [0.5, 0.6) is 0 Å². The molecule has 0 unspecified atom stereocenters. The molecule has 146 valence electrons. The van der Waals surface area contributed by atoms with E-state index in [0.717, 1.165) is 22.4 Å². The minimum Gasteiger partial charge on any atom is -0.442 e. The summed E-state index contributed by atoms with van der Waals surface area (Å²) in [7, 11) is 0. The zero-order valence-electron chi connectivity index (χ0n) is 15.1. The van der Waals surface area contributed by atoms with E-state index in [2.05, 4.69) is 26.2 Å². The van der Waals surface area contributed by atoms with Crippen molar-refractivity contribution in [3.05, 3.63) is 46.2 Å². The van der Waals surface area contributed by atoms with Crippen LogP contribution in [0.2, 0.25) is 0 Å². The van der Waals surface area contributed by atoms with E-state index in [9.17, 15) is 14.0 Å². The van der Waals surface area contributed by atoms with Crippen molar-refractivity contribution in [2.24, 2.45) is 0 Å². The number of ether oxygens (including phenoxy) is 1. The zero-order valence-corrected chi connectivity index (χ0v) is 16.7. The molecule has 2 amide bonds. The number of hydrogen-bond acceptors (Lipinski definition) is 4. The molecular formula is C19H18BrFN4O3. The first-order valence-corrected chi connectivity index (χ1v) is 9.65. The Balaban J connectivity index is 1.54. The van der Waals surface area contributed by atoms with Gasteiger partial charge in [0.2, 0.25) is 5.91 Å². The minimum absolute atomic E-state index is 0.196. The number of nitrogens with zero attached hydrogens (tertiary/aromatic N) is 3. The molecule has 7 nitrogen and oxygen atoms in total. The first-order valence-electron chi connectivity index (χ1n) is 8.86. The molecule has 28 heavy (non-hydrogen) atoms. The fourth-order valence-electron chi connectivity index (χ4n) is 3.41. The fourth-order valence-corrected chi connectivity index (χ4v) is 3.84. The number of aromatic nitrogens is 2. The third-order valence-corrected chi connectivity index (χ3v) is 5.44. The lowest BCUT2D eigenvalue weighted by Gasteiger charge is -2.18. The number of cyclic esters (lactones) is 1. The summed E-state index contributed by atoms with van der Waals surface area (Å²) in [6, 6.07) is 4.74. The number of carbonyl (C=O) groups excluding carboxylic acids is 2. The molecule has 0 radical (unpaired) electrons. The Morgan fingerprint density at radius 2 is 2.29 bits per heavy atom. The van der Waals surface area contributed by atoms with Crippen molar-refractivity contribution in [2.75, 3.05) is 18.0 Å². The lowest BCUT2D eigenvalue weighted by Crippen LogP contribution is -2.33. The van der Waals surface area contributed by atoms with Gasteiger partial charge in [0.25, 0.3) is 0 Å². The third-order valence-electron chi connectivity index (χ3n) is 4.83. The Morgan fingerprint density at radius 1 is 1.46 bits per heavy atom. The predicted octanol–water partition coefficient (Wildman–Crippen LogP) is 3.19. The molecule has 1 aromatic carbocycles. The SMILES string of the molecule is CC(=O)NC[C@H]1CN(c2ccc(C3=Cc4c(Br)ncn4CC3)c(F)c2)C(=O)O1. The van der Waals surface area contributed by atoms with Crippen LogP contribution in [0.15, 0.2) is 29.1 Å².